The second-order valence-corrected chi connectivity index (χ2v) is 7.12. The molecule has 25 heavy (non-hydrogen) atoms. The number of carbonyl (C=O) groups is 1. The number of benzene rings is 2. The van der Waals surface area contributed by atoms with Crippen molar-refractivity contribution >= 4 is 5.91 Å². The van der Waals surface area contributed by atoms with Crippen LogP contribution in [0.4, 0.5) is 0 Å². The first-order chi connectivity index (χ1) is 12.1. The van der Waals surface area contributed by atoms with Gasteiger partial charge < -0.3 is 5.32 Å². The van der Waals surface area contributed by atoms with Crippen LogP contribution in [0.15, 0.2) is 54.6 Å². The molecule has 0 bridgehead atoms. The van der Waals surface area contributed by atoms with Crippen molar-refractivity contribution in [3.05, 3.63) is 71.3 Å². The Morgan fingerprint density at radius 1 is 1.08 bits per heavy atom. The zero-order valence-corrected chi connectivity index (χ0v) is 15.2. The van der Waals surface area contributed by atoms with Gasteiger partial charge in [-0.05, 0) is 56.5 Å². The maximum atomic E-state index is 12.6. The molecule has 1 aliphatic rings. The molecule has 0 saturated carbocycles. The number of likely N-dealkylation sites (tertiary alicyclic amines) is 1. The van der Waals surface area contributed by atoms with Gasteiger partial charge >= 0.3 is 0 Å². The molecule has 2 aromatic carbocycles. The second-order valence-electron chi connectivity index (χ2n) is 7.12. The molecular weight excluding hydrogens is 308 g/mol. The zero-order valence-electron chi connectivity index (χ0n) is 15.2. The number of nitrogens with zero attached hydrogens (tertiary/aromatic N) is 1. The van der Waals surface area contributed by atoms with E-state index in [0.717, 1.165) is 38.0 Å². The van der Waals surface area contributed by atoms with Crippen LogP contribution in [0.2, 0.25) is 0 Å². The predicted molar refractivity (Wildman–Crippen MR) is 102 cm³/mol. The lowest BCUT2D eigenvalue weighted by atomic mass is 9.94. The molecule has 1 aliphatic heterocycles. The van der Waals surface area contributed by atoms with E-state index < -0.39 is 0 Å². The van der Waals surface area contributed by atoms with Gasteiger partial charge in [0.1, 0.15) is 0 Å². The largest absolute Gasteiger partial charge is 0.349 e. The van der Waals surface area contributed by atoms with E-state index in [1.165, 1.54) is 11.1 Å². The SMILES string of the molecule is Cc1ccccc1CN1CCC(C(=O)N[C@@H](C)c2ccccc2)CC1. The highest BCUT2D eigenvalue weighted by molar-refractivity contribution is 5.79. The lowest BCUT2D eigenvalue weighted by molar-refractivity contribution is -0.127. The van der Waals surface area contributed by atoms with E-state index in [-0.39, 0.29) is 17.9 Å². The summed E-state index contributed by atoms with van der Waals surface area (Å²) in [6.45, 7) is 7.20. The van der Waals surface area contributed by atoms with Crippen LogP contribution in [-0.2, 0) is 11.3 Å². The van der Waals surface area contributed by atoms with Crippen molar-refractivity contribution in [2.45, 2.75) is 39.3 Å². The minimum Gasteiger partial charge on any atom is -0.349 e. The first kappa shape index (κ1) is 17.7. The Morgan fingerprint density at radius 3 is 2.40 bits per heavy atom. The summed E-state index contributed by atoms with van der Waals surface area (Å²) in [6, 6.07) is 18.8. The first-order valence-corrected chi connectivity index (χ1v) is 9.25. The fourth-order valence-electron chi connectivity index (χ4n) is 3.54. The molecule has 1 atom stereocenters. The molecule has 1 fully saturated rings. The molecule has 1 saturated heterocycles. The van der Waals surface area contributed by atoms with Crippen LogP contribution in [0.1, 0.15) is 42.5 Å². The molecule has 2 aromatic rings. The Morgan fingerprint density at radius 2 is 1.72 bits per heavy atom. The summed E-state index contributed by atoms with van der Waals surface area (Å²) in [5, 5.41) is 3.18. The Bertz CT molecular complexity index is 690. The molecule has 1 amide bonds. The van der Waals surface area contributed by atoms with E-state index >= 15 is 0 Å². The lowest BCUT2D eigenvalue weighted by Crippen LogP contribution is -2.41. The number of nitrogens with one attached hydrogen (secondary N) is 1. The van der Waals surface area contributed by atoms with Gasteiger partial charge in [0.05, 0.1) is 6.04 Å². The standard InChI is InChI=1S/C22H28N2O/c1-17-8-6-7-11-21(17)16-24-14-12-20(13-15-24)22(25)23-18(2)19-9-4-3-5-10-19/h3-11,18,20H,12-16H2,1-2H3,(H,23,25)/t18-/m0/s1. The molecule has 3 heteroatoms. The van der Waals surface area contributed by atoms with E-state index in [0.29, 0.717) is 0 Å². The van der Waals surface area contributed by atoms with Gasteiger partial charge in [-0.15, -0.1) is 0 Å². The number of aryl methyl sites for hydroxylation is 1. The molecule has 0 aromatic heterocycles. The van der Waals surface area contributed by atoms with Gasteiger partial charge in [0.15, 0.2) is 0 Å². The smallest absolute Gasteiger partial charge is 0.223 e. The predicted octanol–water partition coefficient (Wildman–Crippen LogP) is 4.08. The van der Waals surface area contributed by atoms with Crippen molar-refractivity contribution in [3.63, 3.8) is 0 Å². The van der Waals surface area contributed by atoms with Crippen molar-refractivity contribution in [1.29, 1.82) is 0 Å². The highest BCUT2D eigenvalue weighted by Gasteiger charge is 2.26. The molecule has 1 heterocycles. The Hall–Kier alpha value is -2.13. The Kier molecular flexibility index (Phi) is 5.87. The summed E-state index contributed by atoms with van der Waals surface area (Å²) in [5.74, 6) is 0.339. The molecule has 0 unspecified atom stereocenters. The third-order valence-corrected chi connectivity index (χ3v) is 5.27. The highest BCUT2D eigenvalue weighted by atomic mass is 16.1. The van der Waals surface area contributed by atoms with Crippen molar-refractivity contribution < 1.29 is 4.79 Å². The van der Waals surface area contributed by atoms with E-state index in [4.69, 9.17) is 0 Å². The van der Waals surface area contributed by atoms with Crippen molar-refractivity contribution in [2.24, 2.45) is 5.92 Å². The van der Waals surface area contributed by atoms with Gasteiger partial charge in [-0.3, -0.25) is 9.69 Å². The average molecular weight is 336 g/mol. The van der Waals surface area contributed by atoms with E-state index in [2.05, 4.69) is 60.5 Å². The van der Waals surface area contributed by atoms with Crippen molar-refractivity contribution in [3.8, 4) is 0 Å². The van der Waals surface area contributed by atoms with Gasteiger partial charge in [0.25, 0.3) is 0 Å². The molecule has 0 radical (unpaired) electrons. The monoisotopic (exact) mass is 336 g/mol. The number of hydrogen-bond acceptors (Lipinski definition) is 2. The number of rotatable bonds is 5. The maximum Gasteiger partial charge on any atom is 0.223 e. The van der Waals surface area contributed by atoms with E-state index in [1.54, 1.807) is 0 Å². The fourth-order valence-corrected chi connectivity index (χ4v) is 3.54. The fraction of sp³-hybridized carbons (Fsp3) is 0.409. The summed E-state index contributed by atoms with van der Waals surface area (Å²) in [7, 11) is 0. The molecular formula is C22H28N2O. The van der Waals surface area contributed by atoms with Crippen LogP contribution in [0.25, 0.3) is 0 Å². The normalized spacial score (nSPS) is 17.2. The summed E-state index contributed by atoms with van der Waals surface area (Å²) in [4.78, 5) is 15.0. The summed E-state index contributed by atoms with van der Waals surface area (Å²) < 4.78 is 0. The molecule has 3 nitrogen and oxygen atoms in total. The van der Waals surface area contributed by atoms with Gasteiger partial charge in [-0.2, -0.15) is 0 Å². The minimum absolute atomic E-state index is 0.0682. The van der Waals surface area contributed by atoms with Crippen molar-refractivity contribution in [1.82, 2.24) is 10.2 Å². The molecule has 1 N–H and O–H groups in total. The molecule has 132 valence electrons. The van der Waals surface area contributed by atoms with Gasteiger partial charge in [-0.1, -0.05) is 54.6 Å². The highest BCUT2D eigenvalue weighted by Crippen LogP contribution is 2.21. The summed E-state index contributed by atoms with van der Waals surface area (Å²) in [5.41, 5.74) is 3.90. The topological polar surface area (TPSA) is 32.3 Å². The quantitative estimate of drug-likeness (QED) is 0.892. The van der Waals surface area contributed by atoms with Crippen molar-refractivity contribution in [2.75, 3.05) is 13.1 Å². The van der Waals surface area contributed by atoms with Crippen LogP contribution in [0.3, 0.4) is 0 Å². The number of amides is 1. The van der Waals surface area contributed by atoms with Crippen LogP contribution < -0.4 is 5.32 Å². The average Bonchev–Trinajstić information content (AvgIpc) is 2.65. The van der Waals surface area contributed by atoms with Gasteiger partial charge in [0, 0.05) is 12.5 Å². The Balaban J connectivity index is 1.48. The third kappa shape index (κ3) is 4.70. The molecule has 3 rings (SSSR count). The second kappa shape index (κ2) is 8.30. The van der Waals surface area contributed by atoms with E-state index in [9.17, 15) is 4.79 Å². The summed E-state index contributed by atoms with van der Waals surface area (Å²) >= 11 is 0. The van der Waals surface area contributed by atoms with Crippen LogP contribution in [-0.4, -0.2) is 23.9 Å². The lowest BCUT2D eigenvalue weighted by Gasteiger charge is -2.32. The minimum atomic E-state index is 0.0682. The number of piperidine rings is 1. The Labute approximate surface area is 151 Å². The number of carbonyl (C=O) groups excluding carboxylic acids is 1. The third-order valence-electron chi connectivity index (χ3n) is 5.27. The van der Waals surface area contributed by atoms with E-state index in [1.807, 2.05) is 18.2 Å². The zero-order chi connectivity index (χ0) is 17.6. The van der Waals surface area contributed by atoms with Crippen LogP contribution in [0.5, 0.6) is 0 Å². The van der Waals surface area contributed by atoms with Gasteiger partial charge in [-0.25, -0.2) is 0 Å². The maximum absolute atomic E-state index is 12.6. The summed E-state index contributed by atoms with van der Waals surface area (Å²) in [6.07, 6.45) is 1.89. The number of hydrogen-bond donors (Lipinski definition) is 1. The first-order valence-electron chi connectivity index (χ1n) is 9.25. The molecule has 0 spiro atoms. The van der Waals surface area contributed by atoms with Crippen LogP contribution in [0, 0.1) is 12.8 Å². The molecule has 0 aliphatic carbocycles. The van der Waals surface area contributed by atoms with Crippen LogP contribution >= 0.6 is 0 Å². The van der Waals surface area contributed by atoms with Gasteiger partial charge in [0.2, 0.25) is 5.91 Å².